The summed E-state index contributed by atoms with van der Waals surface area (Å²) >= 11 is 0. The van der Waals surface area contributed by atoms with Gasteiger partial charge in [0.1, 0.15) is 5.69 Å². The number of likely N-dealkylation sites (N-methyl/N-ethyl adjacent to an activating group) is 1. The Bertz CT molecular complexity index is 1630. The quantitative estimate of drug-likeness (QED) is 0.347. The van der Waals surface area contributed by atoms with E-state index in [1.807, 2.05) is 55.4 Å². The zero-order valence-corrected chi connectivity index (χ0v) is 23.5. The molecule has 1 N–H and O–H groups in total. The van der Waals surface area contributed by atoms with Crippen molar-refractivity contribution >= 4 is 21.6 Å². The number of amides is 1. The van der Waals surface area contributed by atoms with E-state index in [9.17, 15) is 18.0 Å². The van der Waals surface area contributed by atoms with E-state index >= 15 is 0 Å². The number of nitrogens with one attached hydrogen (secondary N) is 1. The van der Waals surface area contributed by atoms with Crippen molar-refractivity contribution in [3.63, 3.8) is 0 Å². The second-order valence-electron chi connectivity index (χ2n) is 9.51. The minimum atomic E-state index is -4.15. The molecule has 204 valence electrons. The highest BCUT2D eigenvalue weighted by molar-refractivity contribution is 7.92. The van der Waals surface area contributed by atoms with Crippen molar-refractivity contribution in [1.82, 2.24) is 19.6 Å². The highest BCUT2D eigenvalue weighted by atomic mass is 32.2. The molecular weight excluding hydrogens is 514 g/mol. The van der Waals surface area contributed by atoms with E-state index in [1.54, 1.807) is 49.0 Å². The van der Waals surface area contributed by atoms with Crippen LogP contribution in [0.2, 0.25) is 0 Å². The lowest BCUT2D eigenvalue weighted by atomic mass is 10.1. The first kappa shape index (κ1) is 27.9. The minimum Gasteiger partial charge on any atom is -0.350 e. The molecule has 1 amide bonds. The number of carbonyl (C=O) groups is 1. The molecular formula is C29H33N5O4S. The number of hydrogen-bond donors (Lipinski definition) is 1. The van der Waals surface area contributed by atoms with Crippen LogP contribution < -0.4 is 15.2 Å². The maximum atomic E-state index is 13.6. The summed E-state index contributed by atoms with van der Waals surface area (Å²) in [7, 11) is 2.77. The molecule has 9 nitrogen and oxygen atoms in total. The van der Waals surface area contributed by atoms with Crippen molar-refractivity contribution in [2.24, 2.45) is 7.05 Å². The van der Waals surface area contributed by atoms with Gasteiger partial charge in [0.2, 0.25) is 0 Å². The molecule has 0 saturated heterocycles. The van der Waals surface area contributed by atoms with Gasteiger partial charge in [0.25, 0.3) is 21.5 Å². The number of nitrogens with zero attached hydrogens (tertiary/aromatic N) is 4. The lowest BCUT2D eigenvalue weighted by Gasteiger charge is -2.25. The van der Waals surface area contributed by atoms with Crippen LogP contribution in [0.4, 0.5) is 5.69 Å². The van der Waals surface area contributed by atoms with Gasteiger partial charge in [-0.1, -0.05) is 54.6 Å². The minimum absolute atomic E-state index is 0.0351. The Labute approximate surface area is 228 Å². The number of sulfonamides is 1. The average molecular weight is 548 g/mol. The first-order valence-corrected chi connectivity index (χ1v) is 13.9. The van der Waals surface area contributed by atoms with Crippen molar-refractivity contribution in [3.05, 3.63) is 112 Å². The largest absolute Gasteiger partial charge is 0.350 e. The summed E-state index contributed by atoms with van der Waals surface area (Å²) in [6.45, 7) is 2.04. The predicted molar refractivity (Wildman–Crippen MR) is 153 cm³/mol. The SMILES string of the molecule is Cc1c(N(C)S(=O)(=O)c2cccc(C(=O)NC[C@H](c3ccccc3)N(C)C)c2)c(=O)n(-c2ccccc2)n1C. The number of benzene rings is 3. The molecule has 0 aliphatic carbocycles. The molecule has 3 aromatic carbocycles. The Morgan fingerprint density at radius 1 is 0.923 bits per heavy atom. The first-order chi connectivity index (χ1) is 18.5. The summed E-state index contributed by atoms with van der Waals surface area (Å²) in [5, 5.41) is 2.92. The van der Waals surface area contributed by atoms with Gasteiger partial charge in [-0.15, -0.1) is 0 Å². The van der Waals surface area contributed by atoms with Crippen molar-refractivity contribution in [2.75, 3.05) is 32.0 Å². The van der Waals surface area contributed by atoms with E-state index in [1.165, 1.54) is 29.9 Å². The lowest BCUT2D eigenvalue weighted by Crippen LogP contribution is -2.35. The monoisotopic (exact) mass is 547 g/mol. The van der Waals surface area contributed by atoms with Gasteiger partial charge in [-0.2, -0.15) is 0 Å². The fraction of sp³-hybridized carbons (Fsp3) is 0.241. The van der Waals surface area contributed by atoms with Crippen LogP contribution >= 0.6 is 0 Å². The number of rotatable bonds is 9. The molecule has 0 saturated carbocycles. The summed E-state index contributed by atoms with van der Waals surface area (Å²) in [6, 6.07) is 24.6. The first-order valence-electron chi connectivity index (χ1n) is 12.5. The van der Waals surface area contributed by atoms with Gasteiger partial charge in [0, 0.05) is 26.2 Å². The van der Waals surface area contributed by atoms with Crippen LogP contribution in [-0.4, -0.2) is 56.3 Å². The fourth-order valence-corrected chi connectivity index (χ4v) is 5.85. The van der Waals surface area contributed by atoms with Gasteiger partial charge in [-0.3, -0.25) is 18.6 Å². The summed E-state index contributed by atoms with van der Waals surface area (Å²) in [5.41, 5.74) is 1.95. The Balaban J connectivity index is 1.60. The molecule has 0 fully saturated rings. The van der Waals surface area contributed by atoms with Crippen LogP contribution in [-0.2, 0) is 17.1 Å². The standard InChI is InChI=1S/C29H33N5O4S/c1-21-27(29(36)34(32(21)4)24-16-10-7-11-17-24)33(5)39(37,38)25-18-12-15-23(19-25)28(35)30-20-26(31(2)3)22-13-8-6-9-14-22/h6-19,26H,20H2,1-5H3,(H,30,35)/t26-/m1/s1. The number of aromatic nitrogens is 2. The van der Waals surface area contributed by atoms with Crippen LogP contribution in [0.15, 0.2) is 94.6 Å². The smallest absolute Gasteiger partial charge is 0.296 e. The van der Waals surface area contributed by atoms with Crippen molar-refractivity contribution < 1.29 is 13.2 Å². The number of carbonyl (C=O) groups excluding carboxylic acids is 1. The number of anilines is 1. The van der Waals surface area contributed by atoms with E-state index in [4.69, 9.17) is 0 Å². The second-order valence-corrected chi connectivity index (χ2v) is 11.5. The molecule has 0 spiro atoms. The third-order valence-corrected chi connectivity index (χ3v) is 8.61. The second kappa shape index (κ2) is 11.3. The van der Waals surface area contributed by atoms with Crippen LogP contribution in [0.5, 0.6) is 0 Å². The number of para-hydroxylation sites is 1. The molecule has 1 heterocycles. The molecule has 0 aliphatic heterocycles. The van der Waals surface area contributed by atoms with Gasteiger partial charge in [0.05, 0.1) is 22.3 Å². The van der Waals surface area contributed by atoms with Crippen molar-refractivity contribution in [3.8, 4) is 5.69 Å². The van der Waals surface area contributed by atoms with E-state index in [0.29, 0.717) is 17.9 Å². The molecule has 4 rings (SSSR count). The topological polar surface area (TPSA) is 96.7 Å². The van der Waals surface area contributed by atoms with Gasteiger partial charge < -0.3 is 10.2 Å². The highest BCUT2D eigenvalue weighted by Gasteiger charge is 2.29. The van der Waals surface area contributed by atoms with Gasteiger partial charge in [-0.25, -0.2) is 13.1 Å². The normalized spacial score (nSPS) is 12.4. The van der Waals surface area contributed by atoms with Crippen LogP contribution in [0, 0.1) is 6.92 Å². The maximum Gasteiger partial charge on any atom is 0.296 e. The summed E-state index contributed by atoms with van der Waals surface area (Å²) in [5.74, 6) is -0.389. The Morgan fingerprint density at radius 3 is 2.15 bits per heavy atom. The molecule has 4 aromatic rings. The Morgan fingerprint density at radius 2 is 1.54 bits per heavy atom. The van der Waals surface area contributed by atoms with Gasteiger partial charge in [0.15, 0.2) is 0 Å². The molecule has 0 unspecified atom stereocenters. The predicted octanol–water partition coefficient (Wildman–Crippen LogP) is 3.34. The molecule has 1 aromatic heterocycles. The molecule has 1 atom stereocenters. The molecule has 0 aliphatic rings. The van der Waals surface area contributed by atoms with E-state index in [2.05, 4.69) is 5.32 Å². The average Bonchev–Trinajstić information content (AvgIpc) is 3.16. The fourth-order valence-electron chi connectivity index (χ4n) is 4.56. The maximum absolute atomic E-state index is 13.6. The number of hydrogen-bond acceptors (Lipinski definition) is 5. The van der Waals surface area contributed by atoms with Gasteiger partial charge >= 0.3 is 0 Å². The Kier molecular flexibility index (Phi) is 8.08. The van der Waals surface area contributed by atoms with Gasteiger partial charge in [-0.05, 0) is 56.9 Å². The zero-order valence-electron chi connectivity index (χ0n) is 22.7. The van der Waals surface area contributed by atoms with E-state index in [0.717, 1.165) is 9.87 Å². The highest BCUT2D eigenvalue weighted by Crippen LogP contribution is 2.25. The summed E-state index contributed by atoms with van der Waals surface area (Å²) < 4.78 is 31.3. The zero-order chi connectivity index (χ0) is 28.3. The third kappa shape index (κ3) is 5.52. The van der Waals surface area contributed by atoms with Crippen LogP contribution in [0.1, 0.15) is 27.7 Å². The van der Waals surface area contributed by atoms with Crippen molar-refractivity contribution in [2.45, 2.75) is 17.9 Å². The van der Waals surface area contributed by atoms with E-state index in [-0.39, 0.29) is 28.1 Å². The molecule has 0 radical (unpaired) electrons. The molecule has 10 heteroatoms. The van der Waals surface area contributed by atoms with E-state index < -0.39 is 15.6 Å². The summed E-state index contributed by atoms with van der Waals surface area (Å²) in [6.07, 6.45) is 0. The Hall–Kier alpha value is -4.15. The molecule has 39 heavy (non-hydrogen) atoms. The summed E-state index contributed by atoms with van der Waals surface area (Å²) in [4.78, 5) is 28.4. The van der Waals surface area contributed by atoms with Crippen LogP contribution in [0.3, 0.4) is 0 Å². The lowest BCUT2D eigenvalue weighted by molar-refractivity contribution is 0.0941. The van der Waals surface area contributed by atoms with Crippen molar-refractivity contribution in [1.29, 1.82) is 0 Å². The third-order valence-electron chi connectivity index (χ3n) is 6.86. The molecule has 0 bridgehead atoms. The van der Waals surface area contributed by atoms with Crippen LogP contribution in [0.25, 0.3) is 5.69 Å².